The van der Waals surface area contributed by atoms with E-state index in [4.69, 9.17) is 18.0 Å². The molecule has 0 fully saturated rings. The van der Waals surface area contributed by atoms with E-state index in [1.165, 1.54) is 12.2 Å². The first kappa shape index (κ1) is 29.7. The van der Waals surface area contributed by atoms with Gasteiger partial charge in [-0.25, -0.2) is 4.79 Å². The molecule has 0 unspecified atom stereocenters. The number of hydrogen-bond donors (Lipinski definition) is 3. The van der Waals surface area contributed by atoms with Crippen LogP contribution in [0.1, 0.15) is 33.6 Å². The van der Waals surface area contributed by atoms with E-state index < -0.39 is 20.6 Å². The standard InChI is InChI=1S/C21H38N4O8Si/c1-4-31-34(32-5-2,33-6-3)17-7-11-23-21(29)24-13-16-30-15-12-22-18(26)10-14-25-19(27)8-9-20(25)28/h8-9H,4-7,10-17H2,1-3H3,(H,22,26)(H2,23,24,29). The molecule has 3 N–H and O–H groups in total. The first-order valence-corrected chi connectivity index (χ1v) is 13.6. The van der Waals surface area contributed by atoms with Crippen molar-refractivity contribution >= 4 is 32.6 Å². The van der Waals surface area contributed by atoms with Crippen LogP contribution in [0.3, 0.4) is 0 Å². The van der Waals surface area contributed by atoms with Crippen LogP contribution in [0, 0.1) is 0 Å². The second-order valence-corrected chi connectivity index (χ2v) is 9.87. The van der Waals surface area contributed by atoms with E-state index in [1.54, 1.807) is 0 Å². The molecule has 0 atom stereocenters. The Labute approximate surface area is 202 Å². The fourth-order valence-corrected chi connectivity index (χ4v) is 5.74. The molecule has 194 valence electrons. The first-order chi connectivity index (χ1) is 16.4. The number of nitrogens with zero attached hydrogens (tertiary/aromatic N) is 1. The second kappa shape index (κ2) is 17.2. The Morgan fingerprint density at radius 3 is 1.94 bits per heavy atom. The second-order valence-electron chi connectivity index (χ2n) is 7.14. The highest BCUT2D eigenvalue weighted by molar-refractivity contribution is 6.60. The number of rotatable bonds is 19. The van der Waals surface area contributed by atoms with Crippen molar-refractivity contribution in [2.45, 2.75) is 39.7 Å². The van der Waals surface area contributed by atoms with Crippen molar-refractivity contribution in [1.82, 2.24) is 20.9 Å². The fourth-order valence-electron chi connectivity index (χ4n) is 3.13. The normalized spacial score (nSPS) is 13.4. The van der Waals surface area contributed by atoms with Crippen LogP contribution in [0.15, 0.2) is 12.2 Å². The molecule has 0 spiro atoms. The largest absolute Gasteiger partial charge is 0.500 e. The molecule has 0 aromatic rings. The van der Waals surface area contributed by atoms with Crippen LogP contribution < -0.4 is 16.0 Å². The number of ether oxygens (including phenoxy) is 1. The minimum Gasteiger partial charge on any atom is -0.378 e. The minimum atomic E-state index is -2.69. The van der Waals surface area contributed by atoms with E-state index in [0.717, 1.165) is 4.90 Å². The Morgan fingerprint density at radius 2 is 1.38 bits per heavy atom. The van der Waals surface area contributed by atoms with E-state index in [1.807, 2.05) is 20.8 Å². The molecular formula is C21H38N4O8Si. The lowest BCUT2D eigenvalue weighted by molar-refractivity contribution is -0.137. The van der Waals surface area contributed by atoms with E-state index in [9.17, 15) is 19.2 Å². The number of carbonyl (C=O) groups excluding carboxylic acids is 4. The molecule has 1 rings (SSSR count). The van der Waals surface area contributed by atoms with Crippen molar-refractivity contribution in [3.63, 3.8) is 0 Å². The average Bonchev–Trinajstić information content (AvgIpc) is 3.12. The Balaban J connectivity index is 2.04. The fraction of sp³-hybridized carbons (Fsp3) is 0.714. The molecule has 0 bridgehead atoms. The number of imide groups is 1. The summed E-state index contributed by atoms with van der Waals surface area (Å²) in [4.78, 5) is 47.5. The van der Waals surface area contributed by atoms with Gasteiger partial charge in [0.05, 0.1) is 13.2 Å². The van der Waals surface area contributed by atoms with Gasteiger partial charge >= 0.3 is 14.8 Å². The molecule has 12 nitrogen and oxygen atoms in total. The average molecular weight is 503 g/mol. The van der Waals surface area contributed by atoms with Crippen molar-refractivity contribution < 1.29 is 37.2 Å². The van der Waals surface area contributed by atoms with Gasteiger partial charge in [0.1, 0.15) is 0 Å². The zero-order valence-electron chi connectivity index (χ0n) is 20.4. The number of nitrogens with one attached hydrogen (secondary N) is 3. The topological polar surface area (TPSA) is 145 Å². The summed E-state index contributed by atoms with van der Waals surface area (Å²) >= 11 is 0. The summed E-state index contributed by atoms with van der Waals surface area (Å²) in [7, 11) is -2.69. The van der Waals surface area contributed by atoms with Gasteiger partial charge in [-0.2, -0.15) is 0 Å². The molecule has 1 aliphatic rings. The number of urea groups is 1. The summed E-state index contributed by atoms with van der Waals surface area (Å²) < 4.78 is 22.7. The smallest absolute Gasteiger partial charge is 0.378 e. The molecule has 0 saturated heterocycles. The SMILES string of the molecule is CCO[Si](CCCNC(=O)NCCOCCNC(=O)CCN1C(=O)C=CC1=O)(OCC)OCC. The third kappa shape index (κ3) is 11.7. The lowest BCUT2D eigenvalue weighted by Crippen LogP contribution is -2.46. The molecule has 0 saturated carbocycles. The summed E-state index contributed by atoms with van der Waals surface area (Å²) in [6, 6.07) is 0.327. The summed E-state index contributed by atoms with van der Waals surface area (Å²) in [5.41, 5.74) is 0. The molecule has 1 heterocycles. The first-order valence-electron chi connectivity index (χ1n) is 11.7. The molecule has 1 aliphatic heterocycles. The molecule has 0 aromatic heterocycles. The summed E-state index contributed by atoms with van der Waals surface area (Å²) in [6.07, 6.45) is 3.07. The van der Waals surface area contributed by atoms with E-state index in [2.05, 4.69) is 16.0 Å². The number of carbonyl (C=O) groups is 4. The predicted molar refractivity (Wildman–Crippen MR) is 126 cm³/mol. The van der Waals surface area contributed by atoms with Crippen molar-refractivity contribution in [3.05, 3.63) is 12.2 Å². The van der Waals surface area contributed by atoms with Crippen LogP contribution in [0.2, 0.25) is 6.04 Å². The van der Waals surface area contributed by atoms with Crippen LogP contribution in [0.5, 0.6) is 0 Å². The number of hydrogen-bond acceptors (Lipinski definition) is 8. The van der Waals surface area contributed by atoms with Gasteiger partial charge in [-0.1, -0.05) is 0 Å². The van der Waals surface area contributed by atoms with Gasteiger partial charge in [-0.15, -0.1) is 0 Å². The minimum absolute atomic E-state index is 0.0319. The Hall–Kier alpha value is -2.32. The molecule has 5 amide bonds. The van der Waals surface area contributed by atoms with Crippen molar-refractivity contribution in [2.75, 3.05) is 59.2 Å². The van der Waals surface area contributed by atoms with Crippen molar-refractivity contribution in [1.29, 1.82) is 0 Å². The number of amides is 5. The van der Waals surface area contributed by atoms with Crippen LogP contribution in [0.25, 0.3) is 0 Å². The molecule has 0 aliphatic carbocycles. The van der Waals surface area contributed by atoms with Gasteiger partial charge in [0.15, 0.2) is 0 Å². The van der Waals surface area contributed by atoms with Gasteiger partial charge in [-0.05, 0) is 27.2 Å². The Bertz CT molecular complexity index is 657. The highest BCUT2D eigenvalue weighted by Gasteiger charge is 2.39. The van der Waals surface area contributed by atoms with Gasteiger partial charge in [0.2, 0.25) is 5.91 Å². The summed E-state index contributed by atoms with van der Waals surface area (Å²) in [5.74, 6) is -1.10. The Kier molecular flexibility index (Phi) is 15.0. The van der Waals surface area contributed by atoms with Gasteiger partial charge in [0.25, 0.3) is 11.8 Å². The lowest BCUT2D eigenvalue weighted by Gasteiger charge is -2.28. The van der Waals surface area contributed by atoms with E-state index >= 15 is 0 Å². The zero-order valence-corrected chi connectivity index (χ0v) is 21.4. The van der Waals surface area contributed by atoms with Gasteiger partial charge < -0.3 is 34.0 Å². The Morgan fingerprint density at radius 1 is 0.853 bits per heavy atom. The monoisotopic (exact) mass is 502 g/mol. The molecule has 13 heteroatoms. The van der Waals surface area contributed by atoms with Gasteiger partial charge in [-0.3, -0.25) is 19.3 Å². The third-order valence-electron chi connectivity index (χ3n) is 4.60. The van der Waals surface area contributed by atoms with Crippen molar-refractivity contribution in [2.24, 2.45) is 0 Å². The lowest BCUT2D eigenvalue weighted by atomic mass is 10.3. The van der Waals surface area contributed by atoms with Crippen LogP contribution >= 0.6 is 0 Å². The summed E-state index contributed by atoms with van der Waals surface area (Å²) in [5, 5.41) is 8.12. The maximum absolute atomic E-state index is 11.9. The molecule has 34 heavy (non-hydrogen) atoms. The highest BCUT2D eigenvalue weighted by atomic mass is 28.4. The van der Waals surface area contributed by atoms with Crippen LogP contribution in [-0.2, 0) is 32.4 Å². The van der Waals surface area contributed by atoms with Crippen LogP contribution in [0.4, 0.5) is 4.79 Å². The van der Waals surface area contributed by atoms with Crippen LogP contribution in [-0.4, -0.2) is 96.7 Å². The van der Waals surface area contributed by atoms with Crippen molar-refractivity contribution in [3.8, 4) is 0 Å². The maximum atomic E-state index is 11.9. The molecular weight excluding hydrogens is 464 g/mol. The van der Waals surface area contributed by atoms with E-state index in [-0.39, 0.29) is 38.1 Å². The molecule has 0 aromatic carbocycles. The molecule has 0 radical (unpaired) electrons. The predicted octanol–water partition coefficient (Wildman–Crippen LogP) is 0.172. The highest BCUT2D eigenvalue weighted by Crippen LogP contribution is 2.17. The van der Waals surface area contributed by atoms with Gasteiger partial charge in [0, 0.05) is 70.6 Å². The summed E-state index contributed by atoms with van der Waals surface area (Å²) in [6.45, 7) is 8.94. The van der Waals surface area contributed by atoms with E-state index in [0.29, 0.717) is 52.0 Å². The maximum Gasteiger partial charge on any atom is 0.500 e. The third-order valence-corrected chi connectivity index (χ3v) is 7.75. The zero-order chi connectivity index (χ0) is 25.2. The quantitative estimate of drug-likeness (QED) is 0.129.